The second-order valence-electron chi connectivity index (χ2n) is 4.40. The standard InChI is InChI=1S/C13H16N2O/c1-8-5-10-9-3-4-14-7-11(9)15-13(10)12(6-8)16-2/h5-6,14-15H,3-4,7H2,1-2H3. The molecule has 1 aliphatic heterocycles. The van der Waals surface area contributed by atoms with Gasteiger partial charge in [-0.05, 0) is 43.1 Å². The number of hydrogen-bond donors (Lipinski definition) is 2. The van der Waals surface area contributed by atoms with Crippen molar-refractivity contribution in [1.82, 2.24) is 10.3 Å². The Morgan fingerprint density at radius 3 is 3.00 bits per heavy atom. The number of methoxy groups -OCH3 is 1. The van der Waals surface area contributed by atoms with E-state index in [9.17, 15) is 0 Å². The minimum atomic E-state index is 0.937. The number of benzene rings is 1. The molecule has 2 aromatic rings. The molecular formula is C13H16N2O. The summed E-state index contributed by atoms with van der Waals surface area (Å²) in [4.78, 5) is 3.48. The average Bonchev–Trinajstić information content (AvgIpc) is 2.67. The summed E-state index contributed by atoms with van der Waals surface area (Å²) in [5, 5.41) is 4.71. The quantitative estimate of drug-likeness (QED) is 0.766. The summed E-state index contributed by atoms with van der Waals surface area (Å²) in [6.07, 6.45) is 1.10. The van der Waals surface area contributed by atoms with E-state index in [1.807, 2.05) is 0 Å². The van der Waals surface area contributed by atoms with Gasteiger partial charge in [0, 0.05) is 17.6 Å². The molecule has 0 unspecified atom stereocenters. The highest BCUT2D eigenvalue weighted by Gasteiger charge is 2.17. The van der Waals surface area contributed by atoms with Gasteiger partial charge in [0.05, 0.1) is 12.6 Å². The first-order valence-electron chi connectivity index (χ1n) is 5.68. The SMILES string of the molecule is COc1cc(C)cc2c3c([nH]c12)CNCC3. The van der Waals surface area contributed by atoms with Gasteiger partial charge in [-0.1, -0.05) is 0 Å². The second kappa shape index (κ2) is 3.52. The highest BCUT2D eigenvalue weighted by molar-refractivity contribution is 5.90. The van der Waals surface area contributed by atoms with E-state index in [4.69, 9.17) is 4.74 Å². The molecule has 2 heterocycles. The third-order valence-corrected chi connectivity index (χ3v) is 3.29. The molecule has 0 aliphatic carbocycles. The van der Waals surface area contributed by atoms with Gasteiger partial charge in [-0.25, -0.2) is 0 Å². The lowest BCUT2D eigenvalue weighted by Crippen LogP contribution is -2.22. The lowest BCUT2D eigenvalue weighted by molar-refractivity contribution is 0.418. The van der Waals surface area contributed by atoms with Crippen molar-refractivity contribution in [2.45, 2.75) is 19.9 Å². The van der Waals surface area contributed by atoms with Gasteiger partial charge >= 0.3 is 0 Å². The molecule has 3 heteroatoms. The Bertz CT molecular complexity index is 542. The minimum Gasteiger partial charge on any atom is -0.495 e. The molecule has 84 valence electrons. The fourth-order valence-electron chi connectivity index (χ4n) is 2.53. The maximum atomic E-state index is 5.43. The number of ether oxygens (including phenoxy) is 1. The number of fused-ring (bicyclic) bond motifs is 3. The molecule has 0 bridgehead atoms. The van der Waals surface area contributed by atoms with Crippen LogP contribution in [0.2, 0.25) is 0 Å². The fourth-order valence-corrected chi connectivity index (χ4v) is 2.53. The number of aryl methyl sites for hydroxylation is 1. The molecule has 1 aromatic carbocycles. The van der Waals surface area contributed by atoms with Crippen LogP contribution in [0.5, 0.6) is 5.75 Å². The lowest BCUT2D eigenvalue weighted by atomic mass is 10.0. The van der Waals surface area contributed by atoms with Crippen LogP contribution in [0.3, 0.4) is 0 Å². The average molecular weight is 216 g/mol. The summed E-state index contributed by atoms with van der Waals surface area (Å²) in [5.74, 6) is 0.949. The molecule has 3 rings (SSSR count). The normalized spacial score (nSPS) is 15.1. The summed E-state index contributed by atoms with van der Waals surface area (Å²) in [5.41, 5.74) is 5.16. The van der Waals surface area contributed by atoms with Crippen LogP contribution in [0.25, 0.3) is 10.9 Å². The van der Waals surface area contributed by atoms with Crippen LogP contribution in [0.15, 0.2) is 12.1 Å². The summed E-state index contributed by atoms with van der Waals surface area (Å²) < 4.78 is 5.43. The third-order valence-electron chi connectivity index (χ3n) is 3.29. The van der Waals surface area contributed by atoms with Crippen molar-refractivity contribution in [3.8, 4) is 5.75 Å². The van der Waals surface area contributed by atoms with Gasteiger partial charge < -0.3 is 15.0 Å². The van der Waals surface area contributed by atoms with E-state index in [0.29, 0.717) is 0 Å². The van der Waals surface area contributed by atoms with E-state index in [1.165, 1.54) is 22.2 Å². The molecule has 2 N–H and O–H groups in total. The van der Waals surface area contributed by atoms with Crippen molar-refractivity contribution < 1.29 is 4.74 Å². The molecule has 0 saturated carbocycles. The Balaban J connectivity index is 2.33. The Labute approximate surface area is 94.8 Å². The summed E-state index contributed by atoms with van der Waals surface area (Å²) >= 11 is 0. The number of hydrogen-bond acceptors (Lipinski definition) is 2. The maximum absolute atomic E-state index is 5.43. The number of H-pyrrole nitrogens is 1. The Hall–Kier alpha value is -1.48. The van der Waals surface area contributed by atoms with Gasteiger partial charge in [0.2, 0.25) is 0 Å². The molecule has 0 spiro atoms. The highest BCUT2D eigenvalue weighted by atomic mass is 16.5. The van der Waals surface area contributed by atoms with Crippen molar-refractivity contribution in [3.05, 3.63) is 29.0 Å². The fraction of sp³-hybridized carbons (Fsp3) is 0.385. The molecule has 0 saturated heterocycles. The smallest absolute Gasteiger partial charge is 0.143 e. The lowest BCUT2D eigenvalue weighted by Gasteiger charge is -2.12. The van der Waals surface area contributed by atoms with E-state index in [-0.39, 0.29) is 0 Å². The largest absolute Gasteiger partial charge is 0.495 e. The monoisotopic (exact) mass is 216 g/mol. The zero-order chi connectivity index (χ0) is 11.1. The van der Waals surface area contributed by atoms with E-state index < -0.39 is 0 Å². The topological polar surface area (TPSA) is 37.0 Å². The Kier molecular flexibility index (Phi) is 2.14. The van der Waals surface area contributed by atoms with Crippen LogP contribution in [-0.2, 0) is 13.0 Å². The van der Waals surface area contributed by atoms with Gasteiger partial charge in [-0.3, -0.25) is 0 Å². The molecule has 1 aliphatic rings. The molecule has 3 nitrogen and oxygen atoms in total. The van der Waals surface area contributed by atoms with Crippen LogP contribution >= 0.6 is 0 Å². The van der Waals surface area contributed by atoms with Crippen LogP contribution in [0.1, 0.15) is 16.8 Å². The van der Waals surface area contributed by atoms with Gasteiger partial charge in [0.15, 0.2) is 0 Å². The number of aromatic nitrogens is 1. The van der Waals surface area contributed by atoms with Gasteiger partial charge in [-0.15, -0.1) is 0 Å². The van der Waals surface area contributed by atoms with Crippen molar-refractivity contribution >= 4 is 10.9 Å². The molecule has 0 amide bonds. The Morgan fingerprint density at radius 2 is 2.19 bits per heavy atom. The highest BCUT2D eigenvalue weighted by Crippen LogP contribution is 2.32. The van der Waals surface area contributed by atoms with Crippen LogP contribution < -0.4 is 10.1 Å². The van der Waals surface area contributed by atoms with E-state index in [0.717, 1.165) is 30.8 Å². The van der Waals surface area contributed by atoms with Crippen LogP contribution in [0, 0.1) is 6.92 Å². The minimum absolute atomic E-state index is 0.937. The second-order valence-corrected chi connectivity index (χ2v) is 4.40. The van der Waals surface area contributed by atoms with Crippen molar-refractivity contribution in [3.63, 3.8) is 0 Å². The molecule has 16 heavy (non-hydrogen) atoms. The van der Waals surface area contributed by atoms with Crippen molar-refractivity contribution in [2.75, 3.05) is 13.7 Å². The maximum Gasteiger partial charge on any atom is 0.143 e. The van der Waals surface area contributed by atoms with Gasteiger partial charge in [0.1, 0.15) is 5.75 Å². The first kappa shape index (κ1) is 9.73. The predicted octanol–water partition coefficient (Wildman–Crippen LogP) is 2.13. The van der Waals surface area contributed by atoms with E-state index >= 15 is 0 Å². The molecular weight excluding hydrogens is 200 g/mol. The third kappa shape index (κ3) is 1.32. The molecule has 0 atom stereocenters. The number of rotatable bonds is 1. The summed E-state index contributed by atoms with van der Waals surface area (Å²) in [6, 6.07) is 4.33. The van der Waals surface area contributed by atoms with Gasteiger partial charge in [-0.2, -0.15) is 0 Å². The van der Waals surface area contributed by atoms with Gasteiger partial charge in [0.25, 0.3) is 0 Å². The first-order chi connectivity index (χ1) is 7.79. The van der Waals surface area contributed by atoms with Crippen molar-refractivity contribution in [2.24, 2.45) is 0 Å². The number of aromatic amines is 1. The summed E-state index contributed by atoms with van der Waals surface area (Å²) in [6.45, 7) is 4.12. The van der Waals surface area contributed by atoms with Crippen LogP contribution in [0.4, 0.5) is 0 Å². The first-order valence-corrected chi connectivity index (χ1v) is 5.68. The molecule has 1 aromatic heterocycles. The predicted molar refractivity (Wildman–Crippen MR) is 65.0 cm³/mol. The molecule has 0 radical (unpaired) electrons. The van der Waals surface area contributed by atoms with E-state index in [2.05, 4.69) is 29.4 Å². The van der Waals surface area contributed by atoms with E-state index in [1.54, 1.807) is 7.11 Å². The number of nitrogens with one attached hydrogen (secondary N) is 2. The molecule has 0 fully saturated rings. The van der Waals surface area contributed by atoms with Crippen molar-refractivity contribution in [1.29, 1.82) is 0 Å². The van der Waals surface area contributed by atoms with Crippen LogP contribution in [-0.4, -0.2) is 18.6 Å². The Morgan fingerprint density at radius 1 is 1.31 bits per heavy atom. The zero-order valence-corrected chi connectivity index (χ0v) is 9.68. The summed E-state index contributed by atoms with van der Waals surface area (Å²) in [7, 11) is 1.73. The zero-order valence-electron chi connectivity index (χ0n) is 9.68.